The molecule has 0 saturated carbocycles. The van der Waals surface area contributed by atoms with Gasteiger partial charge in [0.05, 0.1) is 12.1 Å². The normalized spacial score (nSPS) is 25.3. The first-order chi connectivity index (χ1) is 11.2. The number of hydrogen-bond donors (Lipinski definition) is 2. The summed E-state index contributed by atoms with van der Waals surface area (Å²) >= 11 is 0. The second kappa shape index (κ2) is 7.13. The average molecular weight is 315 g/mol. The standard InChI is InChI=1S/C18H25N3O2/c1-13(14-7-3-2-4-8-14)20-17(22)16-10-6-12-21(16)18(23)15-9-5-11-19-15/h2-4,7-8,13,15-16,19H,5-6,9-12H2,1H3,(H,20,22)/t13-,15+,16+/m1/s1. The Labute approximate surface area is 137 Å². The molecule has 0 radical (unpaired) electrons. The highest BCUT2D eigenvalue weighted by molar-refractivity contribution is 5.90. The second-order valence-corrected chi connectivity index (χ2v) is 6.48. The molecule has 2 amide bonds. The van der Waals surface area contributed by atoms with E-state index in [-0.39, 0.29) is 29.9 Å². The van der Waals surface area contributed by atoms with Crippen LogP contribution in [0.2, 0.25) is 0 Å². The zero-order chi connectivity index (χ0) is 16.2. The fourth-order valence-corrected chi connectivity index (χ4v) is 3.53. The first-order valence-electron chi connectivity index (χ1n) is 8.56. The average Bonchev–Trinajstić information content (AvgIpc) is 3.26. The lowest BCUT2D eigenvalue weighted by Crippen LogP contribution is -2.51. The molecular weight excluding hydrogens is 290 g/mol. The Bertz CT molecular complexity index is 555. The number of carbonyl (C=O) groups is 2. The van der Waals surface area contributed by atoms with Gasteiger partial charge in [0.15, 0.2) is 0 Å². The van der Waals surface area contributed by atoms with E-state index in [2.05, 4.69) is 10.6 Å². The predicted molar refractivity (Wildman–Crippen MR) is 88.8 cm³/mol. The topological polar surface area (TPSA) is 61.4 Å². The number of benzene rings is 1. The molecule has 2 aliphatic heterocycles. The van der Waals surface area contributed by atoms with Gasteiger partial charge in [0.25, 0.3) is 0 Å². The van der Waals surface area contributed by atoms with Crippen molar-refractivity contribution in [2.45, 2.75) is 50.7 Å². The van der Waals surface area contributed by atoms with E-state index in [0.717, 1.165) is 37.8 Å². The summed E-state index contributed by atoms with van der Waals surface area (Å²) in [6.45, 7) is 3.56. The van der Waals surface area contributed by atoms with Crippen LogP contribution >= 0.6 is 0 Å². The summed E-state index contributed by atoms with van der Waals surface area (Å²) in [6, 6.07) is 9.43. The minimum atomic E-state index is -0.323. The van der Waals surface area contributed by atoms with Crippen molar-refractivity contribution in [3.63, 3.8) is 0 Å². The van der Waals surface area contributed by atoms with Crippen LogP contribution in [0.15, 0.2) is 30.3 Å². The Balaban J connectivity index is 1.62. The Morgan fingerprint density at radius 2 is 2.00 bits per heavy atom. The van der Waals surface area contributed by atoms with Crippen LogP contribution in [0.4, 0.5) is 0 Å². The minimum Gasteiger partial charge on any atom is -0.348 e. The molecule has 2 aliphatic rings. The summed E-state index contributed by atoms with van der Waals surface area (Å²) in [6.07, 6.45) is 3.57. The smallest absolute Gasteiger partial charge is 0.243 e. The molecule has 5 heteroatoms. The number of nitrogens with zero attached hydrogens (tertiary/aromatic N) is 1. The number of nitrogens with one attached hydrogen (secondary N) is 2. The lowest BCUT2D eigenvalue weighted by Gasteiger charge is -2.28. The maximum Gasteiger partial charge on any atom is 0.243 e. The fourth-order valence-electron chi connectivity index (χ4n) is 3.53. The molecule has 0 spiro atoms. The summed E-state index contributed by atoms with van der Waals surface area (Å²) in [5.41, 5.74) is 1.08. The first kappa shape index (κ1) is 16.0. The van der Waals surface area contributed by atoms with Crippen molar-refractivity contribution >= 4 is 11.8 Å². The van der Waals surface area contributed by atoms with Gasteiger partial charge in [0.2, 0.25) is 11.8 Å². The van der Waals surface area contributed by atoms with Crippen LogP contribution in [-0.2, 0) is 9.59 Å². The monoisotopic (exact) mass is 315 g/mol. The maximum absolute atomic E-state index is 12.6. The van der Waals surface area contributed by atoms with E-state index in [4.69, 9.17) is 0 Å². The number of amides is 2. The highest BCUT2D eigenvalue weighted by atomic mass is 16.2. The molecule has 0 aliphatic carbocycles. The minimum absolute atomic E-state index is 0.0369. The Hall–Kier alpha value is -1.88. The summed E-state index contributed by atoms with van der Waals surface area (Å²) in [4.78, 5) is 27.0. The number of rotatable bonds is 4. The fraction of sp³-hybridized carbons (Fsp3) is 0.556. The molecule has 0 aromatic heterocycles. The molecule has 1 aromatic rings. The molecule has 124 valence electrons. The highest BCUT2D eigenvalue weighted by Gasteiger charge is 2.38. The van der Waals surface area contributed by atoms with Crippen LogP contribution < -0.4 is 10.6 Å². The summed E-state index contributed by atoms with van der Waals surface area (Å²) in [7, 11) is 0. The van der Waals surface area contributed by atoms with E-state index in [1.807, 2.05) is 37.3 Å². The van der Waals surface area contributed by atoms with Crippen molar-refractivity contribution in [3.05, 3.63) is 35.9 Å². The van der Waals surface area contributed by atoms with Crippen molar-refractivity contribution in [2.75, 3.05) is 13.1 Å². The molecule has 2 heterocycles. The number of likely N-dealkylation sites (tertiary alicyclic amines) is 1. The van der Waals surface area contributed by atoms with Gasteiger partial charge in [-0.05, 0) is 44.7 Å². The van der Waals surface area contributed by atoms with E-state index in [1.165, 1.54) is 0 Å². The van der Waals surface area contributed by atoms with Gasteiger partial charge < -0.3 is 15.5 Å². The largest absolute Gasteiger partial charge is 0.348 e. The van der Waals surface area contributed by atoms with Crippen LogP contribution in [0.3, 0.4) is 0 Å². The van der Waals surface area contributed by atoms with Gasteiger partial charge in [0.1, 0.15) is 6.04 Å². The SMILES string of the molecule is C[C@@H](NC(=O)[C@@H]1CCCN1C(=O)[C@@H]1CCCN1)c1ccccc1. The summed E-state index contributed by atoms with van der Waals surface area (Å²) < 4.78 is 0. The Morgan fingerprint density at radius 1 is 1.22 bits per heavy atom. The van der Waals surface area contributed by atoms with Crippen molar-refractivity contribution in [2.24, 2.45) is 0 Å². The molecule has 3 atom stereocenters. The van der Waals surface area contributed by atoms with E-state index >= 15 is 0 Å². The molecule has 3 rings (SSSR count). The van der Waals surface area contributed by atoms with Crippen LogP contribution in [-0.4, -0.2) is 41.9 Å². The zero-order valence-electron chi connectivity index (χ0n) is 13.6. The Kier molecular flexibility index (Phi) is 4.96. The lowest BCUT2D eigenvalue weighted by molar-refractivity contribution is -0.140. The van der Waals surface area contributed by atoms with Gasteiger partial charge in [0, 0.05) is 6.54 Å². The van der Waals surface area contributed by atoms with E-state index in [9.17, 15) is 9.59 Å². The molecule has 0 bridgehead atoms. The van der Waals surface area contributed by atoms with Crippen LogP contribution in [0, 0.1) is 0 Å². The van der Waals surface area contributed by atoms with Crippen LogP contribution in [0.1, 0.15) is 44.2 Å². The van der Waals surface area contributed by atoms with Gasteiger partial charge in [-0.2, -0.15) is 0 Å². The quantitative estimate of drug-likeness (QED) is 0.887. The van der Waals surface area contributed by atoms with Crippen molar-refractivity contribution < 1.29 is 9.59 Å². The van der Waals surface area contributed by atoms with Crippen molar-refractivity contribution in [1.82, 2.24) is 15.5 Å². The van der Waals surface area contributed by atoms with E-state index < -0.39 is 0 Å². The van der Waals surface area contributed by atoms with Crippen LogP contribution in [0.5, 0.6) is 0 Å². The predicted octanol–water partition coefficient (Wildman–Crippen LogP) is 1.61. The van der Waals surface area contributed by atoms with E-state index in [0.29, 0.717) is 6.54 Å². The zero-order valence-corrected chi connectivity index (χ0v) is 13.6. The van der Waals surface area contributed by atoms with Gasteiger partial charge >= 0.3 is 0 Å². The molecule has 1 aromatic carbocycles. The van der Waals surface area contributed by atoms with E-state index in [1.54, 1.807) is 4.90 Å². The Morgan fingerprint density at radius 3 is 2.70 bits per heavy atom. The molecule has 2 N–H and O–H groups in total. The highest BCUT2D eigenvalue weighted by Crippen LogP contribution is 2.22. The summed E-state index contributed by atoms with van der Waals surface area (Å²) in [5, 5.41) is 6.30. The third kappa shape index (κ3) is 3.55. The third-order valence-corrected chi connectivity index (χ3v) is 4.86. The molecule has 23 heavy (non-hydrogen) atoms. The first-order valence-corrected chi connectivity index (χ1v) is 8.56. The molecule has 2 fully saturated rings. The molecule has 2 saturated heterocycles. The third-order valence-electron chi connectivity index (χ3n) is 4.86. The van der Waals surface area contributed by atoms with Gasteiger partial charge in [-0.1, -0.05) is 30.3 Å². The van der Waals surface area contributed by atoms with Crippen LogP contribution in [0.25, 0.3) is 0 Å². The maximum atomic E-state index is 12.6. The van der Waals surface area contributed by atoms with Gasteiger partial charge in [-0.15, -0.1) is 0 Å². The summed E-state index contributed by atoms with van der Waals surface area (Å²) in [5.74, 6) is 0.0534. The number of carbonyl (C=O) groups excluding carboxylic acids is 2. The van der Waals surface area contributed by atoms with Gasteiger partial charge in [-0.25, -0.2) is 0 Å². The van der Waals surface area contributed by atoms with Crippen molar-refractivity contribution in [1.29, 1.82) is 0 Å². The molecule has 5 nitrogen and oxygen atoms in total. The van der Waals surface area contributed by atoms with Crippen molar-refractivity contribution in [3.8, 4) is 0 Å². The second-order valence-electron chi connectivity index (χ2n) is 6.48. The number of hydrogen-bond acceptors (Lipinski definition) is 3. The lowest BCUT2D eigenvalue weighted by atomic mass is 10.1. The molecule has 0 unspecified atom stereocenters. The van der Waals surface area contributed by atoms with Gasteiger partial charge in [-0.3, -0.25) is 9.59 Å². The molecular formula is C18H25N3O2.